The maximum absolute atomic E-state index is 13.1. The van der Waals surface area contributed by atoms with Gasteiger partial charge in [0.1, 0.15) is 6.04 Å². The Bertz CT molecular complexity index is 841. The monoisotopic (exact) mass is 490 g/mol. The first-order chi connectivity index (χ1) is 14.3. The van der Waals surface area contributed by atoms with Crippen LogP contribution in [0.15, 0.2) is 53.0 Å². The smallest absolute Gasteiger partial charge is 0.242 e. The molecule has 0 heterocycles. The topological polar surface area (TPSA) is 49.4 Å². The van der Waals surface area contributed by atoms with Crippen LogP contribution >= 0.6 is 27.7 Å². The Morgan fingerprint density at radius 2 is 1.80 bits per heavy atom. The van der Waals surface area contributed by atoms with Gasteiger partial charge in [0.2, 0.25) is 11.8 Å². The number of hydrogen-bond acceptors (Lipinski definition) is 3. The van der Waals surface area contributed by atoms with Crippen molar-refractivity contribution in [1.82, 2.24) is 10.2 Å². The Morgan fingerprint density at radius 3 is 2.43 bits per heavy atom. The molecule has 0 aliphatic carbocycles. The van der Waals surface area contributed by atoms with E-state index in [1.807, 2.05) is 44.2 Å². The summed E-state index contributed by atoms with van der Waals surface area (Å²) >= 11 is 5.02. The highest BCUT2D eigenvalue weighted by Gasteiger charge is 2.26. The number of aryl methyl sites for hydroxylation is 1. The normalized spacial score (nSPS) is 12.8. The highest BCUT2D eigenvalue weighted by atomic mass is 79.9. The summed E-state index contributed by atoms with van der Waals surface area (Å²) in [4.78, 5) is 27.5. The minimum atomic E-state index is -0.533. The molecule has 0 fully saturated rings. The molecule has 0 saturated heterocycles. The van der Waals surface area contributed by atoms with Gasteiger partial charge in [-0.2, -0.15) is 0 Å². The van der Waals surface area contributed by atoms with Crippen LogP contribution in [0.4, 0.5) is 0 Å². The van der Waals surface area contributed by atoms with Gasteiger partial charge in [-0.3, -0.25) is 9.59 Å². The van der Waals surface area contributed by atoms with Crippen LogP contribution in [-0.4, -0.2) is 34.6 Å². The van der Waals surface area contributed by atoms with Crippen molar-refractivity contribution < 1.29 is 9.59 Å². The van der Waals surface area contributed by atoms with E-state index in [4.69, 9.17) is 0 Å². The molecule has 0 aromatic heterocycles. The predicted octanol–water partition coefficient (Wildman–Crippen LogP) is 5.32. The van der Waals surface area contributed by atoms with Gasteiger partial charge in [-0.25, -0.2) is 0 Å². The number of hydrogen-bond donors (Lipinski definition) is 1. The molecular formula is C24H31BrN2O2S. The molecule has 0 aliphatic rings. The van der Waals surface area contributed by atoms with Gasteiger partial charge >= 0.3 is 0 Å². The molecule has 4 nitrogen and oxygen atoms in total. The van der Waals surface area contributed by atoms with E-state index >= 15 is 0 Å². The molecule has 2 aromatic rings. The molecule has 0 unspecified atom stereocenters. The van der Waals surface area contributed by atoms with E-state index in [2.05, 4.69) is 46.4 Å². The number of carbonyl (C=O) groups excluding carboxylic acids is 2. The molecule has 0 bridgehead atoms. The maximum atomic E-state index is 13.1. The second kappa shape index (κ2) is 12.2. The van der Waals surface area contributed by atoms with Crippen molar-refractivity contribution in [2.45, 2.75) is 58.5 Å². The Morgan fingerprint density at radius 1 is 1.10 bits per heavy atom. The Labute approximate surface area is 192 Å². The van der Waals surface area contributed by atoms with Gasteiger partial charge in [-0.1, -0.05) is 64.8 Å². The van der Waals surface area contributed by atoms with Crippen molar-refractivity contribution >= 4 is 39.5 Å². The summed E-state index contributed by atoms with van der Waals surface area (Å²) in [6, 6.07) is 15.7. The standard InChI is InChI=1S/C24H31BrN2O2S/c1-5-18(3)26-24(29)19(4)27(14-20-9-11-22(25)12-10-20)23(28)16-30-15-21-8-6-7-17(2)13-21/h6-13,18-19H,5,14-16H2,1-4H3,(H,26,29)/t18-,19-/m0/s1. The molecule has 1 N–H and O–H groups in total. The zero-order valence-corrected chi connectivity index (χ0v) is 20.6. The van der Waals surface area contributed by atoms with E-state index in [1.54, 1.807) is 23.6 Å². The summed E-state index contributed by atoms with van der Waals surface area (Å²) < 4.78 is 0.986. The van der Waals surface area contributed by atoms with Gasteiger partial charge in [0.25, 0.3) is 0 Å². The van der Waals surface area contributed by atoms with Crippen LogP contribution in [0.25, 0.3) is 0 Å². The quantitative estimate of drug-likeness (QED) is 0.489. The third-order valence-corrected chi connectivity index (χ3v) is 6.53. The lowest BCUT2D eigenvalue weighted by molar-refractivity contribution is -0.138. The van der Waals surface area contributed by atoms with E-state index in [-0.39, 0.29) is 17.9 Å². The molecule has 2 aromatic carbocycles. The van der Waals surface area contributed by atoms with Crippen molar-refractivity contribution in [3.05, 3.63) is 69.7 Å². The van der Waals surface area contributed by atoms with Crippen LogP contribution in [-0.2, 0) is 21.9 Å². The van der Waals surface area contributed by atoms with E-state index in [0.29, 0.717) is 12.3 Å². The molecular weight excluding hydrogens is 460 g/mol. The lowest BCUT2D eigenvalue weighted by atomic mass is 10.1. The van der Waals surface area contributed by atoms with Crippen LogP contribution in [0.3, 0.4) is 0 Å². The highest BCUT2D eigenvalue weighted by Crippen LogP contribution is 2.18. The molecule has 0 saturated carbocycles. The molecule has 6 heteroatoms. The summed E-state index contributed by atoms with van der Waals surface area (Å²) in [5, 5.41) is 3.00. The Hall–Kier alpha value is -1.79. The van der Waals surface area contributed by atoms with Crippen molar-refractivity contribution in [2.75, 3.05) is 5.75 Å². The second-order valence-electron chi connectivity index (χ2n) is 7.62. The zero-order chi connectivity index (χ0) is 22.1. The number of benzene rings is 2. The van der Waals surface area contributed by atoms with Crippen LogP contribution in [0.1, 0.15) is 43.9 Å². The summed E-state index contributed by atoms with van der Waals surface area (Å²) in [5.74, 6) is 0.971. The van der Waals surface area contributed by atoms with E-state index in [1.165, 1.54) is 11.1 Å². The molecule has 2 rings (SSSR count). The lowest BCUT2D eigenvalue weighted by Crippen LogP contribution is -2.50. The van der Waals surface area contributed by atoms with Gasteiger partial charge in [-0.05, 0) is 50.5 Å². The Balaban J connectivity index is 2.07. The average molecular weight is 491 g/mol. The fraction of sp³-hybridized carbons (Fsp3) is 0.417. The number of thioether (sulfide) groups is 1. The summed E-state index contributed by atoms with van der Waals surface area (Å²) in [5.41, 5.74) is 3.42. The van der Waals surface area contributed by atoms with Gasteiger partial charge in [0.05, 0.1) is 5.75 Å². The van der Waals surface area contributed by atoms with E-state index in [0.717, 1.165) is 22.2 Å². The fourth-order valence-electron chi connectivity index (χ4n) is 2.98. The molecule has 0 aliphatic heterocycles. The SMILES string of the molecule is CC[C@H](C)NC(=O)[C@H](C)N(Cc1ccc(Br)cc1)C(=O)CSCc1cccc(C)c1. The maximum Gasteiger partial charge on any atom is 0.242 e. The van der Waals surface area contributed by atoms with Crippen molar-refractivity contribution in [3.63, 3.8) is 0 Å². The highest BCUT2D eigenvalue weighted by molar-refractivity contribution is 9.10. The van der Waals surface area contributed by atoms with Crippen molar-refractivity contribution in [3.8, 4) is 0 Å². The molecule has 0 radical (unpaired) electrons. The minimum absolute atomic E-state index is 0.0256. The van der Waals surface area contributed by atoms with Crippen molar-refractivity contribution in [1.29, 1.82) is 0 Å². The minimum Gasteiger partial charge on any atom is -0.352 e. The van der Waals surface area contributed by atoms with Gasteiger partial charge in [-0.15, -0.1) is 11.8 Å². The van der Waals surface area contributed by atoms with Crippen LogP contribution in [0.5, 0.6) is 0 Å². The van der Waals surface area contributed by atoms with E-state index in [9.17, 15) is 9.59 Å². The second-order valence-corrected chi connectivity index (χ2v) is 9.53. The van der Waals surface area contributed by atoms with Crippen LogP contribution in [0, 0.1) is 6.92 Å². The number of nitrogens with zero attached hydrogens (tertiary/aromatic N) is 1. The first-order valence-electron chi connectivity index (χ1n) is 10.3. The third-order valence-electron chi connectivity index (χ3n) is 5.01. The predicted molar refractivity (Wildman–Crippen MR) is 129 cm³/mol. The number of carbonyl (C=O) groups is 2. The van der Waals surface area contributed by atoms with E-state index < -0.39 is 6.04 Å². The third kappa shape index (κ3) is 7.80. The molecule has 30 heavy (non-hydrogen) atoms. The van der Waals surface area contributed by atoms with Gasteiger partial charge in [0.15, 0.2) is 0 Å². The van der Waals surface area contributed by atoms with Gasteiger partial charge in [0, 0.05) is 22.8 Å². The number of amides is 2. The largest absolute Gasteiger partial charge is 0.352 e. The van der Waals surface area contributed by atoms with Crippen LogP contribution in [0.2, 0.25) is 0 Å². The first-order valence-corrected chi connectivity index (χ1v) is 12.2. The van der Waals surface area contributed by atoms with Gasteiger partial charge < -0.3 is 10.2 Å². The average Bonchev–Trinajstić information content (AvgIpc) is 2.72. The zero-order valence-electron chi connectivity index (χ0n) is 18.2. The number of rotatable bonds is 10. The summed E-state index contributed by atoms with van der Waals surface area (Å²) in [7, 11) is 0. The summed E-state index contributed by atoms with van der Waals surface area (Å²) in [6.45, 7) is 8.29. The number of nitrogens with one attached hydrogen (secondary N) is 1. The fourth-order valence-corrected chi connectivity index (χ4v) is 4.10. The molecule has 162 valence electrons. The van der Waals surface area contributed by atoms with Crippen molar-refractivity contribution in [2.24, 2.45) is 0 Å². The molecule has 2 amide bonds. The summed E-state index contributed by atoms with van der Waals surface area (Å²) in [6.07, 6.45) is 0.853. The lowest BCUT2D eigenvalue weighted by Gasteiger charge is -2.29. The molecule has 0 spiro atoms. The molecule has 2 atom stereocenters. The first kappa shape index (κ1) is 24.5. The Kier molecular flexibility index (Phi) is 9.92. The van der Waals surface area contributed by atoms with Crippen LogP contribution < -0.4 is 5.32 Å². The number of halogens is 1.